The molecule has 484 valence electrons. The molecule has 0 aromatic rings. The van der Waals surface area contributed by atoms with E-state index in [1.807, 2.05) is 0 Å². The van der Waals surface area contributed by atoms with Crippen LogP contribution in [0.3, 0.4) is 0 Å². The molecule has 0 bridgehead atoms. The Morgan fingerprint density at radius 3 is 0.732 bits per heavy atom. The van der Waals surface area contributed by atoms with Crippen LogP contribution in [0, 0.1) is 0 Å². The fourth-order valence-electron chi connectivity index (χ4n) is 11.8. The highest BCUT2D eigenvalue weighted by Gasteiger charge is 2.16. The Labute approximate surface area is 514 Å². The van der Waals surface area contributed by atoms with Crippen LogP contribution in [-0.4, -0.2) is 36.4 Å². The lowest BCUT2D eigenvalue weighted by atomic mass is 10.0. The van der Waals surface area contributed by atoms with Crippen molar-refractivity contribution >= 4 is 11.9 Å². The second kappa shape index (κ2) is 73.4. The fourth-order valence-corrected chi connectivity index (χ4v) is 11.8. The van der Waals surface area contributed by atoms with Gasteiger partial charge in [-0.05, 0) is 70.6 Å². The summed E-state index contributed by atoms with van der Waals surface area (Å²) >= 11 is 0. The molecule has 0 fully saturated rings. The molecule has 0 radical (unpaired) electrons. The summed E-state index contributed by atoms with van der Waals surface area (Å²) in [5.74, 6) is -0.565. The molecule has 5 heteroatoms. The minimum atomic E-state index is -0.770. The summed E-state index contributed by atoms with van der Waals surface area (Å²) in [6, 6.07) is 0. The lowest BCUT2D eigenvalue weighted by Crippen LogP contribution is -2.28. The van der Waals surface area contributed by atoms with Crippen LogP contribution in [0.4, 0.5) is 0 Å². The Bertz CT molecular complexity index is 1300. The quantitative estimate of drug-likeness (QED) is 0.0373. The van der Waals surface area contributed by atoms with E-state index in [9.17, 15) is 14.7 Å². The Morgan fingerprint density at radius 2 is 0.488 bits per heavy atom. The molecule has 0 aromatic heterocycles. The number of aliphatic hydroxyl groups is 1. The summed E-state index contributed by atoms with van der Waals surface area (Å²) < 4.78 is 10.8. The van der Waals surface area contributed by atoms with Gasteiger partial charge in [0.25, 0.3) is 0 Å². The van der Waals surface area contributed by atoms with Crippen molar-refractivity contribution in [3.63, 3.8) is 0 Å². The molecular formula is C77H146O5. The average molecular weight is 1150 g/mol. The Morgan fingerprint density at radius 1 is 0.280 bits per heavy atom. The molecule has 82 heavy (non-hydrogen) atoms. The number of hydrogen-bond donors (Lipinski definition) is 1. The van der Waals surface area contributed by atoms with Gasteiger partial charge in [0.15, 0.2) is 6.10 Å². The predicted octanol–water partition coefficient (Wildman–Crippen LogP) is 26.1. The third kappa shape index (κ3) is 70.6. The van der Waals surface area contributed by atoms with E-state index in [1.165, 1.54) is 360 Å². The first-order chi connectivity index (χ1) is 40.6. The number of aliphatic hydroxyl groups excluding tert-OH is 1. The Balaban J connectivity index is 3.36. The smallest absolute Gasteiger partial charge is 0.306 e. The van der Waals surface area contributed by atoms with Crippen molar-refractivity contribution in [2.75, 3.05) is 13.2 Å². The van der Waals surface area contributed by atoms with Crippen LogP contribution in [0.1, 0.15) is 425 Å². The van der Waals surface area contributed by atoms with Crippen LogP contribution in [0.25, 0.3) is 0 Å². The molecule has 1 atom stereocenters. The number of ether oxygens (including phenoxy) is 2. The molecule has 0 heterocycles. The lowest BCUT2D eigenvalue weighted by molar-refractivity contribution is -0.161. The van der Waals surface area contributed by atoms with E-state index in [0.717, 1.165) is 38.5 Å². The van der Waals surface area contributed by atoms with Gasteiger partial charge in [-0.2, -0.15) is 0 Å². The van der Waals surface area contributed by atoms with Crippen molar-refractivity contribution in [3.8, 4) is 0 Å². The zero-order chi connectivity index (χ0) is 59.1. The highest BCUT2D eigenvalue weighted by Crippen LogP contribution is 2.19. The maximum Gasteiger partial charge on any atom is 0.306 e. The fraction of sp³-hybridized carbons (Fsp3) is 0.896. The van der Waals surface area contributed by atoms with Crippen molar-refractivity contribution in [1.29, 1.82) is 0 Å². The molecule has 5 nitrogen and oxygen atoms in total. The first-order valence-electron chi connectivity index (χ1n) is 37.5. The molecule has 0 saturated heterocycles. The van der Waals surface area contributed by atoms with E-state index in [0.29, 0.717) is 12.8 Å². The van der Waals surface area contributed by atoms with Gasteiger partial charge in [-0.1, -0.05) is 378 Å². The third-order valence-corrected chi connectivity index (χ3v) is 17.4. The van der Waals surface area contributed by atoms with Crippen LogP contribution in [0.5, 0.6) is 0 Å². The van der Waals surface area contributed by atoms with Crippen LogP contribution in [0.2, 0.25) is 0 Å². The molecule has 1 unspecified atom stereocenters. The maximum atomic E-state index is 12.4. The van der Waals surface area contributed by atoms with Gasteiger partial charge in [-0.3, -0.25) is 9.59 Å². The molecule has 1 N–H and O–H groups in total. The van der Waals surface area contributed by atoms with Crippen LogP contribution in [-0.2, 0) is 19.1 Å². The van der Waals surface area contributed by atoms with Crippen molar-refractivity contribution < 1.29 is 24.2 Å². The molecule has 0 saturated carbocycles. The normalized spacial score (nSPS) is 12.3. The number of carbonyl (C=O) groups is 2. The van der Waals surface area contributed by atoms with Gasteiger partial charge in [0.05, 0.1) is 6.61 Å². The van der Waals surface area contributed by atoms with Crippen LogP contribution < -0.4 is 0 Å². The molecule has 0 aliphatic rings. The highest BCUT2D eigenvalue weighted by molar-refractivity contribution is 5.70. The van der Waals surface area contributed by atoms with Gasteiger partial charge in [0, 0.05) is 12.8 Å². The molecule has 0 aliphatic heterocycles. The second-order valence-corrected chi connectivity index (χ2v) is 25.7. The topological polar surface area (TPSA) is 72.8 Å². The zero-order valence-electron chi connectivity index (χ0n) is 55.8. The molecule has 0 aromatic carbocycles. The van der Waals surface area contributed by atoms with Crippen molar-refractivity contribution in [2.24, 2.45) is 0 Å². The number of hydrogen-bond acceptors (Lipinski definition) is 5. The first-order valence-corrected chi connectivity index (χ1v) is 37.5. The van der Waals surface area contributed by atoms with Gasteiger partial charge in [0.1, 0.15) is 6.61 Å². The Hall–Kier alpha value is -1.88. The van der Waals surface area contributed by atoms with E-state index in [2.05, 4.69) is 50.3 Å². The number of rotatable bonds is 71. The van der Waals surface area contributed by atoms with E-state index in [1.54, 1.807) is 0 Å². The van der Waals surface area contributed by atoms with Crippen molar-refractivity contribution in [2.45, 2.75) is 431 Å². The predicted molar refractivity (Wildman–Crippen MR) is 362 cm³/mol. The lowest BCUT2D eigenvalue weighted by Gasteiger charge is -2.15. The van der Waals surface area contributed by atoms with Crippen LogP contribution in [0.15, 0.2) is 36.5 Å². The molecule has 0 amide bonds. The number of esters is 2. The largest absolute Gasteiger partial charge is 0.462 e. The molecular weight excluding hydrogens is 1000 g/mol. The van der Waals surface area contributed by atoms with E-state index in [4.69, 9.17) is 9.47 Å². The van der Waals surface area contributed by atoms with Crippen molar-refractivity contribution in [3.05, 3.63) is 36.5 Å². The standard InChI is InChI=1S/C77H146O5/c1-3-5-7-9-11-13-15-17-19-21-23-25-27-29-31-33-34-35-36-37-38-39-40-41-42-44-45-47-49-51-53-55-57-59-61-63-65-67-69-71-76(79)81-74-75(73-78)82-77(80)72-70-68-66-64-62-60-58-56-54-52-50-48-46-43-32-30-28-26-24-22-20-18-16-14-12-10-8-6-4-2/h16,18,21-24,75,78H,3-15,17,19-20,25-74H2,1-2H3/b18-16-,23-21-,24-22-. The third-order valence-electron chi connectivity index (χ3n) is 17.4. The van der Waals surface area contributed by atoms with Gasteiger partial charge in [-0.25, -0.2) is 0 Å². The monoisotopic (exact) mass is 1150 g/mol. The molecule has 0 rings (SSSR count). The SMILES string of the molecule is CCCCCCC/C=C\C/C=C\CCCCCCCCCCCCCCCCCCCC(=O)OC(CO)COC(=O)CCCCCCCCCCCCCCCCCCCCCCCCCCCCC/C=C\CCCCCCCCCC. The van der Waals surface area contributed by atoms with Gasteiger partial charge < -0.3 is 14.6 Å². The van der Waals surface area contributed by atoms with E-state index >= 15 is 0 Å². The Kier molecular flexibility index (Phi) is 71.7. The minimum Gasteiger partial charge on any atom is -0.462 e. The summed E-state index contributed by atoms with van der Waals surface area (Å²) in [5, 5.41) is 9.71. The van der Waals surface area contributed by atoms with E-state index in [-0.39, 0.29) is 25.2 Å². The summed E-state index contributed by atoms with van der Waals surface area (Å²) in [4.78, 5) is 24.7. The maximum absolute atomic E-state index is 12.4. The molecule has 0 aliphatic carbocycles. The first kappa shape index (κ1) is 80.1. The summed E-state index contributed by atoms with van der Waals surface area (Å²) in [6.07, 6.45) is 97.9. The number of carbonyl (C=O) groups excluding carboxylic acids is 2. The van der Waals surface area contributed by atoms with Crippen LogP contribution >= 0.6 is 0 Å². The number of unbranched alkanes of at least 4 members (excludes halogenated alkanes) is 57. The highest BCUT2D eigenvalue weighted by atomic mass is 16.6. The van der Waals surface area contributed by atoms with Crippen molar-refractivity contribution in [1.82, 2.24) is 0 Å². The zero-order valence-corrected chi connectivity index (χ0v) is 55.8. The molecule has 0 spiro atoms. The number of allylic oxidation sites excluding steroid dienone is 6. The van der Waals surface area contributed by atoms with E-state index < -0.39 is 6.10 Å². The average Bonchev–Trinajstić information content (AvgIpc) is 3.49. The second-order valence-electron chi connectivity index (χ2n) is 25.7. The van der Waals surface area contributed by atoms with Gasteiger partial charge in [0.2, 0.25) is 0 Å². The minimum absolute atomic E-state index is 0.0590. The summed E-state index contributed by atoms with van der Waals surface area (Å²) in [6.45, 7) is 4.20. The van der Waals surface area contributed by atoms with Gasteiger partial charge in [-0.15, -0.1) is 0 Å². The summed E-state index contributed by atoms with van der Waals surface area (Å²) in [7, 11) is 0. The summed E-state index contributed by atoms with van der Waals surface area (Å²) in [5.41, 5.74) is 0. The van der Waals surface area contributed by atoms with Gasteiger partial charge >= 0.3 is 11.9 Å².